The zero-order chi connectivity index (χ0) is 14.7. The van der Waals surface area contributed by atoms with E-state index in [0.29, 0.717) is 5.82 Å². The highest BCUT2D eigenvalue weighted by atomic mass is 16.5. The molecule has 1 aliphatic heterocycles. The van der Waals surface area contributed by atoms with E-state index in [4.69, 9.17) is 9.51 Å². The number of aromatic nitrogens is 2. The summed E-state index contributed by atoms with van der Waals surface area (Å²) < 4.78 is 5.67. The highest BCUT2D eigenvalue weighted by Gasteiger charge is 2.38. The number of hydrogen-bond acceptors (Lipinski definition) is 4. The molecular weight excluding hydrogens is 262 g/mol. The molecule has 0 saturated carbocycles. The molecule has 21 heavy (non-hydrogen) atoms. The maximum absolute atomic E-state index is 5.67. The zero-order valence-electron chi connectivity index (χ0n) is 12.9. The molecule has 1 aliphatic rings. The van der Waals surface area contributed by atoms with Gasteiger partial charge in [-0.25, -0.2) is 0 Å². The molecular formula is C17H23N3O. The molecule has 0 amide bonds. The molecule has 3 rings (SSSR count). The normalized spacial score (nSPS) is 22.4. The Kier molecular flexibility index (Phi) is 4.06. The fourth-order valence-electron chi connectivity index (χ4n) is 3.32. The van der Waals surface area contributed by atoms with E-state index >= 15 is 0 Å². The number of benzene rings is 1. The van der Waals surface area contributed by atoms with Crippen molar-refractivity contribution in [3.63, 3.8) is 0 Å². The summed E-state index contributed by atoms with van der Waals surface area (Å²) in [7, 11) is 0. The molecule has 0 spiro atoms. The van der Waals surface area contributed by atoms with Gasteiger partial charge in [-0.3, -0.25) is 0 Å². The monoisotopic (exact) mass is 285 g/mol. The number of hydrogen-bond donors (Lipinski definition) is 1. The smallest absolute Gasteiger partial charge is 0.234 e. The summed E-state index contributed by atoms with van der Waals surface area (Å²) in [5.41, 5.74) is 2.25. The Hall–Kier alpha value is -1.68. The second-order valence-corrected chi connectivity index (χ2v) is 6.05. The predicted molar refractivity (Wildman–Crippen MR) is 83.2 cm³/mol. The molecule has 2 aromatic rings. The van der Waals surface area contributed by atoms with Crippen molar-refractivity contribution < 1.29 is 4.52 Å². The molecule has 4 nitrogen and oxygen atoms in total. The van der Waals surface area contributed by atoms with E-state index in [1.807, 2.05) is 12.1 Å². The van der Waals surface area contributed by atoms with Crippen LogP contribution < -0.4 is 5.32 Å². The third kappa shape index (κ3) is 2.72. The molecule has 1 N–H and O–H groups in total. The number of rotatable bonds is 4. The lowest BCUT2D eigenvalue weighted by molar-refractivity contribution is 0.213. The van der Waals surface area contributed by atoms with E-state index in [1.165, 1.54) is 12.0 Å². The van der Waals surface area contributed by atoms with Gasteiger partial charge in [-0.05, 0) is 38.3 Å². The molecule has 4 heteroatoms. The Morgan fingerprint density at radius 3 is 2.90 bits per heavy atom. The Morgan fingerprint density at radius 2 is 2.19 bits per heavy atom. The fraction of sp³-hybridized carbons (Fsp3) is 0.529. The maximum Gasteiger partial charge on any atom is 0.234 e. The summed E-state index contributed by atoms with van der Waals surface area (Å²) in [6.07, 6.45) is 4.52. The van der Waals surface area contributed by atoms with Crippen LogP contribution in [0.2, 0.25) is 0 Å². The second-order valence-electron chi connectivity index (χ2n) is 6.05. The van der Waals surface area contributed by atoms with Crippen LogP contribution in [-0.4, -0.2) is 23.2 Å². The Balaban J connectivity index is 1.94. The predicted octanol–water partition coefficient (Wildman–Crippen LogP) is 3.47. The van der Waals surface area contributed by atoms with Crippen LogP contribution in [0.4, 0.5) is 0 Å². The average molecular weight is 285 g/mol. The third-order valence-electron chi connectivity index (χ3n) is 4.47. The largest absolute Gasteiger partial charge is 0.338 e. The molecule has 0 radical (unpaired) electrons. The minimum Gasteiger partial charge on any atom is -0.338 e. The molecule has 0 aliphatic carbocycles. The van der Waals surface area contributed by atoms with Crippen molar-refractivity contribution in [2.45, 2.75) is 44.9 Å². The molecule has 112 valence electrons. The van der Waals surface area contributed by atoms with Gasteiger partial charge in [0.1, 0.15) is 0 Å². The van der Waals surface area contributed by atoms with Crippen LogP contribution in [0.5, 0.6) is 0 Å². The van der Waals surface area contributed by atoms with Crippen LogP contribution in [0.3, 0.4) is 0 Å². The van der Waals surface area contributed by atoms with Gasteiger partial charge in [0, 0.05) is 12.1 Å². The van der Waals surface area contributed by atoms with Crippen molar-refractivity contribution >= 4 is 0 Å². The third-order valence-corrected chi connectivity index (χ3v) is 4.47. The van der Waals surface area contributed by atoms with Crippen LogP contribution >= 0.6 is 0 Å². The minimum absolute atomic E-state index is 0.0148. The first-order valence-corrected chi connectivity index (χ1v) is 7.86. The second kappa shape index (κ2) is 5.98. The summed E-state index contributed by atoms with van der Waals surface area (Å²) in [5, 5.41) is 7.73. The number of piperidine rings is 1. The van der Waals surface area contributed by atoms with Gasteiger partial charge in [0.25, 0.3) is 0 Å². The molecule has 1 aromatic heterocycles. The Bertz CT molecular complexity index is 594. The highest BCUT2D eigenvalue weighted by Crippen LogP contribution is 2.35. The van der Waals surface area contributed by atoms with Crippen LogP contribution in [0.25, 0.3) is 11.4 Å². The average Bonchev–Trinajstić information content (AvgIpc) is 2.99. The van der Waals surface area contributed by atoms with Crippen molar-refractivity contribution in [2.75, 3.05) is 13.1 Å². The Labute approximate surface area is 126 Å². The molecule has 2 heterocycles. The van der Waals surface area contributed by atoms with Crippen molar-refractivity contribution in [3.8, 4) is 11.4 Å². The van der Waals surface area contributed by atoms with Gasteiger partial charge in [0.05, 0.1) is 5.41 Å². The first-order chi connectivity index (χ1) is 10.2. The van der Waals surface area contributed by atoms with Gasteiger partial charge in [0.15, 0.2) is 0 Å². The quantitative estimate of drug-likeness (QED) is 0.934. The van der Waals surface area contributed by atoms with Crippen LogP contribution in [0.15, 0.2) is 28.8 Å². The van der Waals surface area contributed by atoms with E-state index in [2.05, 4.69) is 36.5 Å². The van der Waals surface area contributed by atoms with E-state index in [1.54, 1.807) is 0 Å². The molecule has 1 atom stereocenters. The summed E-state index contributed by atoms with van der Waals surface area (Å²) in [6.45, 7) is 6.32. The summed E-state index contributed by atoms with van der Waals surface area (Å²) in [6, 6.07) is 8.18. The minimum atomic E-state index is 0.0148. The summed E-state index contributed by atoms with van der Waals surface area (Å²) in [4.78, 5) is 4.74. The van der Waals surface area contributed by atoms with Gasteiger partial charge in [0.2, 0.25) is 11.7 Å². The number of nitrogens with one attached hydrogen (secondary N) is 1. The lowest BCUT2D eigenvalue weighted by Gasteiger charge is -2.34. The molecule has 1 fully saturated rings. The van der Waals surface area contributed by atoms with Crippen LogP contribution in [0, 0.1) is 6.92 Å². The molecule has 1 aromatic carbocycles. The highest BCUT2D eigenvalue weighted by molar-refractivity contribution is 5.59. The standard InChI is InChI=1S/C17H23N3O/c1-3-9-17(10-6-11-18-12-17)16-19-15(20-21-16)14-8-5-4-7-13(14)2/h4-5,7-8,18H,3,6,9-12H2,1-2H3. The fourth-order valence-corrected chi connectivity index (χ4v) is 3.32. The van der Waals surface area contributed by atoms with Crippen molar-refractivity contribution in [3.05, 3.63) is 35.7 Å². The van der Waals surface area contributed by atoms with Gasteiger partial charge >= 0.3 is 0 Å². The Morgan fingerprint density at radius 1 is 1.33 bits per heavy atom. The lowest BCUT2D eigenvalue weighted by Crippen LogP contribution is -2.43. The van der Waals surface area contributed by atoms with Gasteiger partial charge in [-0.15, -0.1) is 0 Å². The van der Waals surface area contributed by atoms with Crippen LogP contribution in [-0.2, 0) is 5.41 Å². The number of aryl methyl sites for hydroxylation is 1. The summed E-state index contributed by atoms with van der Waals surface area (Å²) >= 11 is 0. The van der Waals surface area contributed by atoms with Crippen LogP contribution in [0.1, 0.15) is 44.1 Å². The van der Waals surface area contributed by atoms with Gasteiger partial charge in [-0.2, -0.15) is 4.98 Å². The summed E-state index contributed by atoms with van der Waals surface area (Å²) in [5.74, 6) is 1.51. The van der Waals surface area contributed by atoms with E-state index < -0.39 is 0 Å². The number of nitrogens with zero attached hydrogens (tertiary/aromatic N) is 2. The van der Waals surface area contributed by atoms with E-state index in [9.17, 15) is 0 Å². The van der Waals surface area contributed by atoms with Crippen molar-refractivity contribution in [2.24, 2.45) is 0 Å². The zero-order valence-corrected chi connectivity index (χ0v) is 12.9. The topological polar surface area (TPSA) is 51.0 Å². The molecule has 1 saturated heterocycles. The van der Waals surface area contributed by atoms with E-state index in [-0.39, 0.29) is 5.41 Å². The molecule has 0 bridgehead atoms. The van der Waals surface area contributed by atoms with E-state index in [0.717, 1.165) is 43.8 Å². The first kappa shape index (κ1) is 14.3. The van der Waals surface area contributed by atoms with Gasteiger partial charge < -0.3 is 9.84 Å². The lowest BCUT2D eigenvalue weighted by atomic mass is 9.77. The van der Waals surface area contributed by atoms with Crippen molar-refractivity contribution in [1.29, 1.82) is 0 Å². The molecule has 1 unspecified atom stereocenters. The first-order valence-electron chi connectivity index (χ1n) is 7.86. The maximum atomic E-state index is 5.67. The SMILES string of the molecule is CCCC1(c2nc(-c3ccccc3C)no2)CCCNC1. The van der Waals surface area contributed by atoms with Gasteiger partial charge in [-0.1, -0.05) is 42.8 Å². The van der Waals surface area contributed by atoms with Crippen molar-refractivity contribution in [1.82, 2.24) is 15.5 Å².